The van der Waals surface area contributed by atoms with Gasteiger partial charge in [-0.25, -0.2) is 4.39 Å². The average molecular weight is 305 g/mol. The number of hydrogen-bond donors (Lipinski definition) is 2. The molecule has 2 heterocycles. The van der Waals surface area contributed by atoms with Gasteiger partial charge in [-0.1, -0.05) is 17.3 Å². The first-order valence-corrected chi connectivity index (χ1v) is 7.02. The Labute approximate surface area is 126 Å². The maximum atomic E-state index is 13.8. The Morgan fingerprint density at radius 1 is 1.50 bits per heavy atom. The number of carbonyl (C=O) groups excluding carboxylic acids is 1. The van der Waals surface area contributed by atoms with Crippen molar-refractivity contribution in [2.45, 2.75) is 18.9 Å². The molecule has 1 aliphatic rings. The number of amides is 1. The van der Waals surface area contributed by atoms with Crippen LogP contribution in [0.15, 0.2) is 24.3 Å². The monoisotopic (exact) mass is 305 g/mol. The standard InChI is InChI=1S/C14H16FN5O2/c15-10-5-1-2-6-11(10)20-13(16)12(18-19-20)14(21)17-8-9-4-3-7-22-9/h1-2,5-6,9H,3-4,7-8,16H2,(H,17,21)/t9-/m1/s1. The van der Waals surface area contributed by atoms with Gasteiger partial charge in [0.05, 0.1) is 6.10 Å². The predicted molar refractivity (Wildman–Crippen MR) is 77.0 cm³/mol. The second-order valence-corrected chi connectivity index (χ2v) is 5.03. The molecule has 1 aromatic carbocycles. The highest BCUT2D eigenvalue weighted by molar-refractivity contribution is 5.96. The molecule has 0 bridgehead atoms. The zero-order valence-electron chi connectivity index (χ0n) is 11.8. The molecule has 3 rings (SSSR count). The highest BCUT2D eigenvalue weighted by Crippen LogP contribution is 2.18. The van der Waals surface area contributed by atoms with Crippen LogP contribution in [0.1, 0.15) is 23.3 Å². The van der Waals surface area contributed by atoms with Gasteiger partial charge < -0.3 is 15.8 Å². The molecule has 1 atom stereocenters. The van der Waals surface area contributed by atoms with Crippen LogP contribution < -0.4 is 11.1 Å². The fraction of sp³-hybridized carbons (Fsp3) is 0.357. The van der Waals surface area contributed by atoms with E-state index in [0.717, 1.165) is 17.5 Å². The molecule has 3 N–H and O–H groups in total. The van der Waals surface area contributed by atoms with Gasteiger partial charge in [0.2, 0.25) is 0 Å². The van der Waals surface area contributed by atoms with Gasteiger partial charge in [-0.3, -0.25) is 4.79 Å². The lowest BCUT2D eigenvalue weighted by atomic mass is 10.2. The number of nitrogen functional groups attached to an aromatic ring is 1. The number of benzene rings is 1. The van der Waals surface area contributed by atoms with Gasteiger partial charge in [0, 0.05) is 13.2 Å². The SMILES string of the molecule is Nc1c(C(=O)NC[C@H]2CCCO2)nnn1-c1ccccc1F. The third-order valence-electron chi connectivity index (χ3n) is 3.51. The normalized spacial score (nSPS) is 17.6. The van der Waals surface area contributed by atoms with E-state index in [0.29, 0.717) is 13.2 Å². The quantitative estimate of drug-likeness (QED) is 0.875. The van der Waals surface area contributed by atoms with E-state index in [4.69, 9.17) is 10.5 Å². The van der Waals surface area contributed by atoms with Crippen molar-refractivity contribution in [3.63, 3.8) is 0 Å². The van der Waals surface area contributed by atoms with Gasteiger partial charge >= 0.3 is 0 Å². The van der Waals surface area contributed by atoms with E-state index in [1.165, 1.54) is 12.1 Å². The lowest BCUT2D eigenvalue weighted by Crippen LogP contribution is -2.32. The van der Waals surface area contributed by atoms with Crippen LogP contribution in [0.3, 0.4) is 0 Å². The van der Waals surface area contributed by atoms with Crippen molar-refractivity contribution in [2.75, 3.05) is 18.9 Å². The van der Waals surface area contributed by atoms with E-state index >= 15 is 0 Å². The number of nitrogens with zero attached hydrogens (tertiary/aromatic N) is 3. The largest absolute Gasteiger partial charge is 0.382 e. The Kier molecular flexibility index (Phi) is 4.01. The summed E-state index contributed by atoms with van der Waals surface area (Å²) in [5, 5.41) is 10.2. The molecule has 1 aliphatic heterocycles. The molecular weight excluding hydrogens is 289 g/mol. The number of hydrogen-bond acceptors (Lipinski definition) is 5. The van der Waals surface area contributed by atoms with Gasteiger partial charge in [0.1, 0.15) is 11.5 Å². The summed E-state index contributed by atoms with van der Waals surface area (Å²) >= 11 is 0. The molecule has 0 unspecified atom stereocenters. The summed E-state index contributed by atoms with van der Waals surface area (Å²) in [5.41, 5.74) is 5.99. The fourth-order valence-electron chi connectivity index (χ4n) is 2.35. The highest BCUT2D eigenvalue weighted by Gasteiger charge is 2.22. The van der Waals surface area contributed by atoms with Crippen molar-refractivity contribution in [3.8, 4) is 5.69 Å². The molecule has 22 heavy (non-hydrogen) atoms. The van der Waals surface area contributed by atoms with Gasteiger partial charge in [-0.2, -0.15) is 4.68 Å². The Hall–Kier alpha value is -2.48. The van der Waals surface area contributed by atoms with E-state index < -0.39 is 11.7 Å². The van der Waals surface area contributed by atoms with Crippen LogP contribution in [0.2, 0.25) is 0 Å². The minimum atomic E-state index is -0.495. The van der Waals surface area contributed by atoms with Gasteiger partial charge in [0.15, 0.2) is 11.5 Å². The molecule has 0 saturated carbocycles. The maximum Gasteiger partial charge on any atom is 0.275 e. The maximum absolute atomic E-state index is 13.8. The topological polar surface area (TPSA) is 95.1 Å². The first-order valence-electron chi connectivity index (χ1n) is 7.02. The first kappa shape index (κ1) is 14.5. The zero-order valence-corrected chi connectivity index (χ0v) is 11.8. The summed E-state index contributed by atoms with van der Waals surface area (Å²) in [7, 11) is 0. The van der Waals surface area contributed by atoms with E-state index in [1.54, 1.807) is 12.1 Å². The van der Waals surface area contributed by atoms with Crippen molar-refractivity contribution in [2.24, 2.45) is 0 Å². The Morgan fingerprint density at radius 2 is 2.32 bits per heavy atom. The number of para-hydroxylation sites is 1. The number of ether oxygens (including phenoxy) is 1. The lowest BCUT2D eigenvalue weighted by Gasteiger charge is -2.10. The molecule has 1 amide bonds. The number of aromatic nitrogens is 3. The highest BCUT2D eigenvalue weighted by atomic mass is 19.1. The molecule has 1 saturated heterocycles. The molecule has 116 valence electrons. The van der Waals surface area contributed by atoms with Crippen molar-refractivity contribution in [1.29, 1.82) is 0 Å². The molecule has 8 heteroatoms. The minimum Gasteiger partial charge on any atom is -0.382 e. The van der Waals surface area contributed by atoms with Crippen molar-refractivity contribution < 1.29 is 13.9 Å². The van der Waals surface area contributed by atoms with E-state index in [2.05, 4.69) is 15.6 Å². The summed E-state index contributed by atoms with van der Waals surface area (Å²) < 4.78 is 20.3. The van der Waals surface area contributed by atoms with Crippen LogP contribution in [-0.4, -0.2) is 40.2 Å². The van der Waals surface area contributed by atoms with Crippen LogP contribution in [0.25, 0.3) is 5.69 Å². The summed E-state index contributed by atoms with van der Waals surface area (Å²) in [4.78, 5) is 12.1. The number of nitrogens with one attached hydrogen (secondary N) is 1. The third-order valence-corrected chi connectivity index (χ3v) is 3.51. The summed E-state index contributed by atoms with van der Waals surface area (Å²) in [5.74, 6) is -0.948. The third kappa shape index (κ3) is 2.77. The number of rotatable bonds is 4. The van der Waals surface area contributed by atoms with E-state index in [1.807, 2.05) is 0 Å². The predicted octanol–water partition coefficient (Wildman–Crippen LogP) is 0.897. The molecule has 0 aliphatic carbocycles. The molecule has 0 spiro atoms. The molecule has 2 aromatic rings. The van der Waals surface area contributed by atoms with E-state index in [9.17, 15) is 9.18 Å². The average Bonchev–Trinajstić information content (AvgIpc) is 3.15. The molecule has 7 nitrogen and oxygen atoms in total. The lowest BCUT2D eigenvalue weighted by molar-refractivity contribution is 0.0854. The van der Waals surface area contributed by atoms with Crippen LogP contribution in [0.4, 0.5) is 10.2 Å². The number of halogens is 1. The summed E-state index contributed by atoms with van der Waals surface area (Å²) in [6.45, 7) is 1.11. The van der Waals surface area contributed by atoms with Gasteiger partial charge in [-0.15, -0.1) is 5.10 Å². The van der Waals surface area contributed by atoms with Crippen molar-refractivity contribution in [3.05, 3.63) is 35.8 Å². The second-order valence-electron chi connectivity index (χ2n) is 5.03. The molecule has 0 radical (unpaired) electrons. The van der Waals surface area contributed by atoms with Crippen LogP contribution in [0, 0.1) is 5.82 Å². The van der Waals surface area contributed by atoms with Crippen molar-refractivity contribution in [1.82, 2.24) is 20.3 Å². The van der Waals surface area contributed by atoms with Crippen molar-refractivity contribution >= 4 is 11.7 Å². The zero-order chi connectivity index (χ0) is 15.5. The summed E-state index contributed by atoms with van der Waals surface area (Å²) in [6.07, 6.45) is 1.93. The summed E-state index contributed by atoms with van der Waals surface area (Å²) in [6, 6.07) is 6.00. The Bertz CT molecular complexity index is 682. The fourth-order valence-corrected chi connectivity index (χ4v) is 2.35. The van der Waals surface area contributed by atoms with E-state index in [-0.39, 0.29) is 23.3 Å². The smallest absolute Gasteiger partial charge is 0.275 e. The van der Waals surface area contributed by atoms with Crippen LogP contribution >= 0.6 is 0 Å². The number of nitrogens with two attached hydrogens (primary N) is 1. The van der Waals surface area contributed by atoms with Gasteiger partial charge in [0.25, 0.3) is 5.91 Å². The molecule has 1 fully saturated rings. The Morgan fingerprint density at radius 3 is 3.05 bits per heavy atom. The number of carbonyl (C=O) groups is 1. The molecular formula is C14H16FN5O2. The van der Waals surface area contributed by atoms with Crippen LogP contribution in [0.5, 0.6) is 0 Å². The second kappa shape index (κ2) is 6.10. The Balaban J connectivity index is 1.75. The van der Waals surface area contributed by atoms with Crippen LogP contribution in [-0.2, 0) is 4.74 Å². The number of anilines is 1. The minimum absolute atomic E-state index is 0.00468. The van der Waals surface area contributed by atoms with Gasteiger partial charge in [-0.05, 0) is 25.0 Å². The first-order chi connectivity index (χ1) is 10.7. The molecule has 1 aromatic heterocycles.